The van der Waals surface area contributed by atoms with E-state index in [0.717, 1.165) is 37.0 Å². The van der Waals surface area contributed by atoms with E-state index in [1.807, 2.05) is 0 Å². The molecule has 0 aromatic carbocycles. The van der Waals surface area contributed by atoms with Crippen molar-refractivity contribution in [1.82, 2.24) is 10.6 Å². The van der Waals surface area contributed by atoms with Crippen molar-refractivity contribution in [2.45, 2.75) is 45.4 Å². The van der Waals surface area contributed by atoms with Gasteiger partial charge in [0.1, 0.15) is 0 Å². The summed E-state index contributed by atoms with van der Waals surface area (Å²) in [7, 11) is 0. The third-order valence-electron chi connectivity index (χ3n) is 5.30. The smallest absolute Gasteiger partial charge is 0.226 e. The Bertz CT molecular complexity index is 356. The minimum Gasteiger partial charge on any atom is -0.355 e. The lowest BCUT2D eigenvalue weighted by Gasteiger charge is -2.55. The van der Waals surface area contributed by atoms with Gasteiger partial charge in [-0.1, -0.05) is 0 Å². The molecule has 0 aromatic rings. The van der Waals surface area contributed by atoms with Gasteiger partial charge in [-0.2, -0.15) is 0 Å². The molecule has 0 aromatic heterocycles. The fraction of sp³-hybridized carbons (Fsp3) is 0.867. The first-order valence-electron chi connectivity index (χ1n) is 7.60. The number of amides is 2. The van der Waals surface area contributed by atoms with E-state index in [0.29, 0.717) is 13.1 Å². The molecule has 0 saturated heterocycles. The summed E-state index contributed by atoms with van der Waals surface area (Å²) in [5.74, 6) is 2.60. The van der Waals surface area contributed by atoms with E-state index in [4.69, 9.17) is 0 Å². The summed E-state index contributed by atoms with van der Waals surface area (Å²) >= 11 is 0. The number of rotatable bonds is 4. The van der Waals surface area contributed by atoms with Crippen LogP contribution in [0, 0.1) is 23.2 Å². The first kappa shape index (κ1) is 12.9. The molecule has 0 aliphatic heterocycles. The number of carbonyl (C=O) groups is 2. The first-order chi connectivity index (χ1) is 9.07. The van der Waals surface area contributed by atoms with Crippen LogP contribution in [-0.4, -0.2) is 24.9 Å². The van der Waals surface area contributed by atoms with E-state index < -0.39 is 0 Å². The molecular weight excluding hydrogens is 240 g/mol. The lowest BCUT2D eigenvalue weighted by atomic mass is 9.49. The molecule has 4 nitrogen and oxygen atoms in total. The third-order valence-corrected chi connectivity index (χ3v) is 5.30. The second kappa shape index (κ2) is 4.80. The van der Waals surface area contributed by atoms with E-state index in [1.54, 1.807) is 0 Å². The van der Waals surface area contributed by atoms with Crippen LogP contribution in [0.15, 0.2) is 0 Å². The van der Waals surface area contributed by atoms with Gasteiger partial charge in [0.05, 0.1) is 0 Å². The third kappa shape index (κ3) is 2.49. The maximum Gasteiger partial charge on any atom is 0.226 e. The van der Waals surface area contributed by atoms with Crippen LogP contribution >= 0.6 is 0 Å². The van der Waals surface area contributed by atoms with Crippen LogP contribution in [0.3, 0.4) is 0 Å². The van der Waals surface area contributed by atoms with Gasteiger partial charge in [0.15, 0.2) is 0 Å². The van der Waals surface area contributed by atoms with E-state index in [1.165, 1.54) is 26.2 Å². The highest BCUT2D eigenvalue weighted by atomic mass is 16.2. The molecule has 4 saturated carbocycles. The molecule has 0 heterocycles. The SMILES string of the molecule is CC(=O)NCCNC(=O)C12CC3CC(CC(C3)C1)C2. The van der Waals surface area contributed by atoms with Crippen LogP contribution in [0.2, 0.25) is 0 Å². The van der Waals surface area contributed by atoms with Gasteiger partial charge in [-0.05, 0) is 56.3 Å². The highest BCUT2D eigenvalue weighted by Gasteiger charge is 2.54. The number of hydrogen-bond donors (Lipinski definition) is 2. The van der Waals surface area contributed by atoms with E-state index in [-0.39, 0.29) is 17.2 Å². The zero-order valence-corrected chi connectivity index (χ0v) is 11.7. The Morgan fingerprint density at radius 1 is 0.947 bits per heavy atom. The van der Waals surface area contributed by atoms with Crippen LogP contribution in [0.5, 0.6) is 0 Å². The number of carbonyl (C=O) groups excluding carboxylic acids is 2. The standard InChI is InChI=1S/C15H24N2O2/c1-10(18)16-2-3-17-14(19)15-7-11-4-12(8-15)6-13(5-11)9-15/h11-13H,2-9H2,1H3,(H,16,18)(H,17,19). The highest BCUT2D eigenvalue weighted by Crippen LogP contribution is 2.60. The van der Waals surface area contributed by atoms with Crippen LogP contribution in [0.4, 0.5) is 0 Å². The average molecular weight is 264 g/mol. The van der Waals surface area contributed by atoms with Crippen LogP contribution in [0.1, 0.15) is 45.4 Å². The Morgan fingerprint density at radius 3 is 1.89 bits per heavy atom. The van der Waals surface area contributed by atoms with Crippen molar-refractivity contribution in [3.8, 4) is 0 Å². The molecule has 2 N–H and O–H groups in total. The Labute approximate surface area is 114 Å². The van der Waals surface area contributed by atoms with Gasteiger partial charge in [0.25, 0.3) is 0 Å². The number of nitrogens with one attached hydrogen (secondary N) is 2. The molecule has 106 valence electrons. The zero-order valence-electron chi connectivity index (χ0n) is 11.7. The van der Waals surface area contributed by atoms with Gasteiger partial charge in [0.2, 0.25) is 11.8 Å². The van der Waals surface area contributed by atoms with Crippen molar-refractivity contribution in [3.05, 3.63) is 0 Å². The number of hydrogen-bond acceptors (Lipinski definition) is 2. The molecule has 0 radical (unpaired) electrons. The predicted octanol–water partition coefficient (Wildman–Crippen LogP) is 1.46. The molecule has 4 rings (SSSR count). The summed E-state index contributed by atoms with van der Waals surface area (Å²) in [6, 6.07) is 0. The maximum absolute atomic E-state index is 12.5. The molecule has 0 atom stereocenters. The van der Waals surface area contributed by atoms with E-state index in [2.05, 4.69) is 10.6 Å². The summed E-state index contributed by atoms with van der Waals surface area (Å²) < 4.78 is 0. The largest absolute Gasteiger partial charge is 0.355 e. The normalized spacial score (nSPS) is 39.1. The lowest BCUT2D eigenvalue weighted by Crippen LogP contribution is -2.54. The molecule has 4 aliphatic carbocycles. The van der Waals surface area contributed by atoms with Gasteiger partial charge in [-0.3, -0.25) is 9.59 Å². The fourth-order valence-corrected chi connectivity index (χ4v) is 4.99. The average Bonchev–Trinajstić information content (AvgIpc) is 2.32. The molecule has 4 fully saturated rings. The minimum absolute atomic E-state index is 0.0379. The second-order valence-electron chi connectivity index (χ2n) is 6.94. The Hall–Kier alpha value is -1.06. The van der Waals surface area contributed by atoms with Crippen molar-refractivity contribution in [3.63, 3.8) is 0 Å². The van der Waals surface area contributed by atoms with Gasteiger partial charge in [0, 0.05) is 25.4 Å². The molecule has 2 amide bonds. The van der Waals surface area contributed by atoms with Crippen LogP contribution < -0.4 is 10.6 Å². The van der Waals surface area contributed by atoms with Crippen molar-refractivity contribution in [2.24, 2.45) is 23.2 Å². The summed E-state index contributed by atoms with van der Waals surface area (Å²) in [5, 5.41) is 5.76. The van der Waals surface area contributed by atoms with Gasteiger partial charge >= 0.3 is 0 Å². The van der Waals surface area contributed by atoms with Crippen molar-refractivity contribution < 1.29 is 9.59 Å². The minimum atomic E-state index is -0.0645. The summed E-state index contributed by atoms with van der Waals surface area (Å²) in [6.45, 7) is 2.59. The highest BCUT2D eigenvalue weighted by molar-refractivity contribution is 5.83. The summed E-state index contributed by atoms with van der Waals surface area (Å²) in [5.41, 5.74) is -0.0645. The van der Waals surface area contributed by atoms with Crippen LogP contribution in [0.25, 0.3) is 0 Å². The Kier molecular flexibility index (Phi) is 3.27. The summed E-state index contributed by atoms with van der Waals surface area (Å²) in [4.78, 5) is 23.3. The zero-order chi connectivity index (χ0) is 13.5. The molecule has 0 unspecified atom stereocenters. The van der Waals surface area contributed by atoms with Crippen molar-refractivity contribution in [2.75, 3.05) is 13.1 Å². The summed E-state index contributed by atoms with van der Waals surface area (Å²) in [6.07, 6.45) is 7.39. The van der Waals surface area contributed by atoms with Gasteiger partial charge in [-0.25, -0.2) is 0 Å². The maximum atomic E-state index is 12.5. The Morgan fingerprint density at radius 2 is 1.42 bits per heavy atom. The fourth-order valence-electron chi connectivity index (χ4n) is 4.99. The predicted molar refractivity (Wildman–Crippen MR) is 72.3 cm³/mol. The van der Waals surface area contributed by atoms with Gasteiger partial charge in [-0.15, -0.1) is 0 Å². The van der Waals surface area contributed by atoms with E-state index >= 15 is 0 Å². The lowest BCUT2D eigenvalue weighted by molar-refractivity contribution is -0.146. The molecule has 4 heteroatoms. The molecule has 4 aliphatic rings. The topological polar surface area (TPSA) is 58.2 Å². The van der Waals surface area contributed by atoms with Crippen molar-refractivity contribution in [1.29, 1.82) is 0 Å². The van der Waals surface area contributed by atoms with Gasteiger partial charge < -0.3 is 10.6 Å². The monoisotopic (exact) mass is 264 g/mol. The molecule has 4 bridgehead atoms. The molecule has 0 spiro atoms. The van der Waals surface area contributed by atoms with E-state index in [9.17, 15) is 9.59 Å². The van der Waals surface area contributed by atoms with Crippen molar-refractivity contribution >= 4 is 11.8 Å². The second-order valence-corrected chi connectivity index (χ2v) is 6.94. The first-order valence-corrected chi connectivity index (χ1v) is 7.60. The Balaban J connectivity index is 1.56. The van der Waals surface area contributed by atoms with Crippen LogP contribution in [-0.2, 0) is 9.59 Å². The molecular formula is C15H24N2O2. The molecule has 19 heavy (non-hydrogen) atoms. The quantitative estimate of drug-likeness (QED) is 0.755.